The van der Waals surface area contributed by atoms with Gasteiger partial charge in [0.25, 0.3) is 0 Å². The first-order valence-electron chi connectivity index (χ1n) is 11.3. The summed E-state index contributed by atoms with van der Waals surface area (Å²) in [6, 6.07) is 19.1. The van der Waals surface area contributed by atoms with Gasteiger partial charge in [0.2, 0.25) is 5.91 Å². The zero-order valence-electron chi connectivity index (χ0n) is 19.4. The second kappa shape index (κ2) is 9.25. The van der Waals surface area contributed by atoms with Crippen molar-refractivity contribution in [1.82, 2.24) is 0 Å². The fourth-order valence-corrected chi connectivity index (χ4v) is 4.49. The maximum atomic E-state index is 13.4. The number of carbonyl (C=O) groups is 2. The third-order valence-corrected chi connectivity index (χ3v) is 6.31. The zero-order chi connectivity index (χ0) is 24.5. The van der Waals surface area contributed by atoms with E-state index in [0.29, 0.717) is 35.1 Å². The summed E-state index contributed by atoms with van der Waals surface area (Å²) in [6.07, 6.45) is 0.0675. The summed E-state index contributed by atoms with van der Waals surface area (Å²) < 4.78 is 30.3. The first kappa shape index (κ1) is 22.7. The van der Waals surface area contributed by atoms with Gasteiger partial charge < -0.3 is 14.2 Å². The monoisotopic (exact) mass is 473 g/mol. The van der Waals surface area contributed by atoms with Gasteiger partial charge in [0, 0.05) is 18.0 Å². The Labute approximate surface area is 202 Å². The minimum absolute atomic E-state index is 0.0112. The van der Waals surface area contributed by atoms with Crippen molar-refractivity contribution in [2.45, 2.75) is 25.9 Å². The van der Waals surface area contributed by atoms with Gasteiger partial charge in [0.15, 0.2) is 11.5 Å². The third kappa shape index (κ3) is 4.37. The molecule has 0 saturated heterocycles. The predicted octanol–water partition coefficient (Wildman–Crippen LogP) is 5.05. The molecule has 0 saturated carbocycles. The van der Waals surface area contributed by atoms with Crippen LogP contribution in [0.15, 0.2) is 78.0 Å². The van der Waals surface area contributed by atoms with E-state index in [-0.39, 0.29) is 18.9 Å². The van der Waals surface area contributed by atoms with E-state index in [9.17, 15) is 14.0 Å². The molecule has 1 unspecified atom stereocenters. The molecule has 7 heteroatoms. The molecule has 0 bridgehead atoms. The predicted molar refractivity (Wildman–Crippen MR) is 128 cm³/mol. The van der Waals surface area contributed by atoms with Crippen molar-refractivity contribution in [3.05, 3.63) is 101 Å². The molecule has 0 aromatic heterocycles. The standard InChI is InChI=1S/C28H24FNO5/c1-17-3-5-18(6-4-17)15-34-24-12-7-19(13-25(24)33-2)22-14-26(31)30(21-10-8-20(29)9-11-21)23-16-35-28(32)27(22)23/h3-13,22H,14-16H2,1-2H3. The number of hydrogen-bond donors (Lipinski definition) is 0. The van der Waals surface area contributed by atoms with Gasteiger partial charge in [-0.05, 0) is 54.4 Å². The quantitative estimate of drug-likeness (QED) is 0.469. The fourth-order valence-electron chi connectivity index (χ4n) is 4.49. The highest BCUT2D eigenvalue weighted by atomic mass is 19.1. The molecular weight excluding hydrogens is 449 g/mol. The maximum Gasteiger partial charge on any atom is 0.336 e. The van der Waals surface area contributed by atoms with E-state index in [4.69, 9.17) is 14.2 Å². The SMILES string of the molecule is COc1cc(C2CC(=O)N(c3ccc(F)cc3)C3=C2C(=O)OC3)ccc1OCc1ccc(C)cc1. The largest absolute Gasteiger partial charge is 0.493 e. The van der Waals surface area contributed by atoms with Crippen molar-refractivity contribution in [3.8, 4) is 11.5 Å². The number of aryl methyl sites for hydroxylation is 1. The summed E-state index contributed by atoms with van der Waals surface area (Å²) in [5.41, 5.74) is 4.38. The number of esters is 1. The van der Waals surface area contributed by atoms with Gasteiger partial charge in [0.1, 0.15) is 19.0 Å². The van der Waals surface area contributed by atoms with E-state index in [1.54, 1.807) is 19.2 Å². The molecule has 178 valence electrons. The number of halogens is 1. The number of benzene rings is 3. The van der Waals surface area contributed by atoms with Crippen LogP contribution in [0.3, 0.4) is 0 Å². The number of cyclic esters (lactones) is 1. The van der Waals surface area contributed by atoms with Crippen LogP contribution >= 0.6 is 0 Å². The molecule has 3 aromatic carbocycles. The molecule has 0 fully saturated rings. The molecule has 1 atom stereocenters. The van der Waals surface area contributed by atoms with Gasteiger partial charge in [0.05, 0.1) is 18.4 Å². The van der Waals surface area contributed by atoms with Gasteiger partial charge in [-0.1, -0.05) is 35.9 Å². The minimum atomic E-state index is -0.482. The minimum Gasteiger partial charge on any atom is -0.493 e. The average Bonchev–Trinajstić information content (AvgIpc) is 3.25. The lowest BCUT2D eigenvalue weighted by Crippen LogP contribution is -2.37. The van der Waals surface area contributed by atoms with Crippen molar-refractivity contribution in [3.63, 3.8) is 0 Å². The Morgan fingerprint density at radius 3 is 2.46 bits per heavy atom. The third-order valence-electron chi connectivity index (χ3n) is 6.31. The Morgan fingerprint density at radius 2 is 1.74 bits per heavy atom. The number of hydrogen-bond acceptors (Lipinski definition) is 5. The highest BCUT2D eigenvalue weighted by Crippen LogP contribution is 2.43. The fraction of sp³-hybridized carbons (Fsp3) is 0.214. The Hall–Kier alpha value is -4.13. The lowest BCUT2D eigenvalue weighted by molar-refractivity contribution is -0.136. The Morgan fingerprint density at radius 1 is 1.00 bits per heavy atom. The molecule has 1 amide bonds. The van der Waals surface area contributed by atoms with Crippen molar-refractivity contribution >= 4 is 17.6 Å². The number of methoxy groups -OCH3 is 1. The number of nitrogens with zero attached hydrogens (tertiary/aromatic N) is 1. The molecule has 35 heavy (non-hydrogen) atoms. The number of amides is 1. The van der Waals surface area contributed by atoms with E-state index < -0.39 is 17.7 Å². The first-order chi connectivity index (χ1) is 16.9. The highest BCUT2D eigenvalue weighted by Gasteiger charge is 2.43. The van der Waals surface area contributed by atoms with Crippen molar-refractivity contribution in [2.24, 2.45) is 0 Å². The summed E-state index contributed by atoms with van der Waals surface area (Å²) in [5, 5.41) is 0. The van der Waals surface area contributed by atoms with Crippen LogP contribution in [0.5, 0.6) is 11.5 Å². The van der Waals surface area contributed by atoms with E-state index in [1.165, 1.54) is 34.7 Å². The van der Waals surface area contributed by atoms with E-state index in [0.717, 1.165) is 11.1 Å². The molecule has 0 spiro atoms. The van der Waals surface area contributed by atoms with Crippen LogP contribution in [0.25, 0.3) is 0 Å². The molecule has 0 N–H and O–H groups in total. The molecule has 0 aliphatic carbocycles. The number of ether oxygens (including phenoxy) is 3. The van der Waals surface area contributed by atoms with Crippen LogP contribution in [0.4, 0.5) is 10.1 Å². The van der Waals surface area contributed by atoms with Gasteiger partial charge in [-0.15, -0.1) is 0 Å². The summed E-state index contributed by atoms with van der Waals surface area (Å²) in [4.78, 5) is 27.3. The molecule has 2 aliphatic heterocycles. The summed E-state index contributed by atoms with van der Waals surface area (Å²) >= 11 is 0. The lowest BCUT2D eigenvalue weighted by atomic mass is 9.84. The van der Waals surface area contributed by atoms with Crippen LogP contribution in [-0.4, -0.2) is 25.6 Å². The first-order valence-corrected chi connectivity index (χ1v) is 11.3. The topological polar surface area (TPSA) is 65.1 Å². The van der Waals surface area contributed by atoms with Crippen LogP contribution < -0.4 is 14.4 Å². The molecule has 3 aromatic rings. The second-order valence-corrected chi connectivity index (χ2v) is 8.58. The molecular formula is C28H24FNO5. The zero-order valence-corrected chi connectivity index (χ0v) is 19.4. The smallest absolute Gasteiger partial charge is 0.336 e. The van der Waals surface area contributed by atoms with Crippen LogP contribution in [-0.2, 0) is 20.9 Å². The van der Waals surface area contributed by atoms with Crippen molar-refractivity contribution in [2.75, 3.05) is 18.6 Å². The Bertz CT molecular complexity index is 1310. The Balaban J connectivity index is 1.45. The van der Waals surface area contributed by atoms with Gasteiger partial charge >= 0.3 is 5.97 Å². The van der Waals surface area contributed by atoms with Crippen molar-refractivity contribution < 1.29 is 28.2 Å². The van der Waals surface area contributed by atoms with Crippen LogP contribution in [0.1, 0.15) is 29.0 Å². The number of carbonyl (C=O) groups excluding carboxylic acids is 2. The molecule has 5 rings (SSSR count). The van der Waals surface area contributed by atoms with Gasteiger partial charge in [-0.2, -0.15) is 0 Å². The summed E-state index contributed by atoms with van der Waals surface area (Å²) in [7, 11) is 1.55. The molecule has 2 aliphatic rings. The molecule has 6 nitrogen and oxygen atoms in total. The van der Waals surface area contributed by atoms with Crippen LogP contribution in [0.2, 0.25) is 0 Å². The van der Waals surface area contributed by atoms with Crippen molar-refractivity contribution in [1.29, 1.82) is 0 Å². The van der Waals surface area contributed by atoms with E-state index in [2.05, 4.69) is 0 Å². The van der Waals surface area contributed by atoms with Gasteiger partial charge in [-0.25, -0.2) is 9.18 Å². The maximum absolute atomic E-state index is 13.4. The summed E-state index contributed by atoms with van der Waals surface area (Å²) in [6.45, 7) is 2.40. The Kier molecular flexibility index (Phi) is 5.99. The number of rotatable bonds is 6. The van der Waals surface area contributed by atoms with E-state index >= 15 is 0 Å². The molecule has 2 heterocycles. The van der Waals surface area contributed by atoms with Gasteiger partial charge in [-0.3, -0.25) is 9.69 Å². The summed E-state index contributed by atoms with van der Waals surface area (Å²) in [5.74, 6) is -0.461. The van der Waals surface area contributed by atoms with E-state index in [1.807, 2.05) is 37.3 Å². The normalized spacial score (nSPS) is 17.3. The lowest BCUT2D eigenvalue weighted by Gasteiger charge is -2.32. The second-order valence-electron chi connectivity index (χ2n) is 8.58. The average molecular weight is 474 g/mol. The van der Waals surface area contributed by atoms with Crippen LogP contribution in [0, 0.1) is 12.7 Å². The molecule has 0 radical (unpaired) electrons. The highest BCUT2D eigenvalue weighted by molar-refractivity contribution is 6.06. The number of anilines is 1.